The number of hydrazone groups is 1. The van der Waals surface area contributed by atoms with Crippen molar-refractivity contribution in [3.8, 4) is 0 Å². The zero-order valence-electron chi connectivity index (χ0n) is 16.9. The maximum atomic E-state index is 13.1. The van der Waals surface area contributed by atoms with Crippen LogP contribution in [0.1, 0.15) is 27.7 Å². The van der Waals surface area contributed by atoms with Gasteiger partial charge in [0.25, 0.3) is 17.4 Å². The number of nitrogens with one attached hydrogen (secondary N) is 3. The van der Waals surface area contributed by atoms with Crippen molar-refractivity contribution in [2.75, 3.05) is 0 Å². The molecular formula is C24H19N5O3. The SMILES string of the molecule is O=C(N[C@@H](C(=O)N/N=C/c1ccccc1)c1n[nH]c(=O)c2ccccc12)c1ccccc1. The summed E-state index contributed by atoms with van der Waals surface area (Å²) in [5, 5.41) is 14.0. The Morgan fingerprint density at radius 1 is 0.875 bits per heavy atom. The van der Waals surface area contributed by atoms with Crippen molar-refractivity contribution >= 4 is 28.8 Å². The fraction of sp³-hybridized carbons (Fsp3) is 0.0417. The number of carbonyl (C=O) groups excluding carboxylic acids is 2. The normalized spacial score (nSPS) is 11.9. The molecule has 0 saturated heterocycles. The van der Waals surface area contributed by atoms with Crippen LogP contribution < -0.4 is 16.3 Å². The molecule has 0 spiro atoms. The molecule has 0 bridgehead atoms. The largest absolute Gasteiger partial charge is 0.335 e. The summed E-state index contributed by atoms with van der Waals surface area (Å²) in [4.78, 5) is 38.0. The molecule has 0 saturated carbocycles. The van der Waals surface area contributed by atoms with Gasteiger partial charge in [-0.1, -0.05) is 66.7 Å². The van der Waals surface area contributed by atoms with Gasteiger partial charge in [0.05, 0.1) is 11.6 Å². The Bertz CT molecular complexity index is 1330. The van der Waals surface area contributed by atoms with Gasteiger partial charge in [0.2, 0.25) is 0 Å². The highest BCUT2D eigenvalue weighted by Gasteiger charge is 2.27. The molecule has 0 unspecified atom stereocenters. The second kappa shape index (κ2) is 9.48. The topological polar surface area (TPSA) is 116 Å². The molecule has 4 aromatic rings. The van der Waals surface area contributed by atoms with Gasteiger partial charge in [-0.05, 0) is 23.8 Å². The van der Waals surface area contributed by atoms with E-state index in [2.05, 4.69) is 26.0 Å². The van der Waals surface area contributed by atoms with Crippen molar-refractivity contribution in [2.24, 2.45) is 5.10 Å². The molecule has 1 atom stereocenters. The van der Waals surface area contributed by atoms with Crippen LogP contribution in [0.4, 0.5) is 0 Å². The fourth-order valence-corrected chi connectivity index (χ4v) is 3.19. The smallest absolute Gasteiger partial charge is 0.272 e. The van der Waals surface area contributed by atoms with Crippen molar-refractivity contribution in [1.29, 1.82) is 0 Å². The minimum Gasteiger partial charge on any atom is -0.335 e. The summed E-state index contributed by atoms with van der Waals surface area (Å²) in [7, 11) is 0. The summed E-state index contributed by atoms with van der Waals surface area (Å²) in [6.07, 6.45) is 1.49. The molecule has 0 aliphatic rings. The third-order valence-electron chi connectivity index (χ3n) is 4.76. The second-order valence-electron chi connectivity index (χ2n) is 6.90. The van der Waals surface area contributed by atoms with E-state index < -0.39 is 17.9 Å². The summed E-state index contributed by atoms with van der Waals surface area (Å²) in [6, 6.07) is 23.3. The summed E-state index contributed by atoms with van der Waals surface area (Å²) in [6.45, 7) is 0. The van der Waals surface area contributed by atoms with Crippen molar-refractivity contribution in [3.05, 3.63) is 112 Å². The molecular weight excluding hydrogens is 406 g/mol. The van der Waals surface area contributed by atoms with Gasteiger partial charge in [-0.3, -0.25) is 14.4 Å². The second-order valence-corrected chi connectivity index (χ2v) is 6.90. The molecule has 0 aliphatic carbocycles. The van der Waals surface area contributed by atoms with Crippen LogP contribution in [0.5, 0.6) is 0 Å². The number of nitrogens with zero attached hydrogens (tertiary/aromatic N) is 2. The number of fused-ring (bicyclic) bond motifs is 1. The highest BCUT2D eigenvalue weighted by Crippen LogP contribution is 2.20. The first-order chi connectivity index (χ1) is 15.6. The Kier molecular flexibility index (Phi) is 6.12. The van der Waals surface area contributed by atoms with Crippen LogP contribution in [0.25, 0.3) is 10.8 Å². The Balaban J connectivity index is 1.68. The third kappa shape index (κ3) is 4.59. The van der Waals surface area contributed by atoms with Crippen LogP contribution in [0, 0.1) is 0 Å². The van der Waals surface area contributed by atoms with Crippen molar-refractivity contribution < 1.29 is 9.59 Å². The average Bonchev–Trinajstić information content (AvgIpc) is 2.84. The monoisotopic (exact) mass is 425 g/mol. The third-order valence-corrected chi connectivity index (χ3v) is 4.76. The van der Waals surface area contributed by atoms with Crippen LogP contribution in [0.2, 0.25) is 0 Å². The number of aromatic amines is 1. The van der Waals surface area contributed by atoms with Gasteiger partial charge in [0, 0.05) is 10.9 Å². The summed E-state index contributed by atoms with van der Waals surface area (Å²) < 4.78 is 0. The van der Waals surface area contributed by atoms with E-state index in [0.717, 1.165) is 5.56 Å². The summed E-state index contributed by atoms with van der Waals surface area (Å²) >= 11 is 0. The molecule has 158 valence electrons. The summed E-state index contributed by atoms with van der Waals surface area (Å²) in [5.74, 6) is -1.07. The van der Waals surface area contributed by atoms with E-state index in [9.17, 15) is 14.4 Å². The molecule has 0 fully saturated rings. The Labute approximate surface area is 183 Å². The van der Waals surface area contributed by atoms with Crippen LogP contribution in [-0.4, -0.2) is 28.2 Å². The lowest BCUT2D eigenvalue weighted by atomic mass is 10.0. The number of aromatic nitrogens is 2. The van der Waals surface area contributed by atoms with Crippen molar-refractivity contribution in [1.82, 2.24) is 20.9 Å². The molecule has 32 heavy (non-hydrogen) atoms. The van der Waals surface area contributed by atoms with Crippen LogP contribution in [0.15, 0.2) is 94.8 Å². The predicted molar refractivity (Wildman–Crippen MR) is 121 cm³/mol. The van der Waals surface area contributed by atoms with Crippen LogP contribution in [0.3, 0.4) is 0 Å². The van der Waals surface area contributed by atoms with Gasteiger partial charge in [0.15, 0.2) is 6.04 Å². The van der Waals surface area contributed by atoms with E-state index in [1.54, 1.807) is 54.6 Å². The number of rotatable bonds is 6. The first kappa shape index (κ1) is 20.7. The van der Waals surface area contributed by atoms with E-state index in [0.29, 0.717) is 16.3 Å². The number of amides is 2. The van der Waals surface area contributed by atoms with E-state index in [1.807, 2.05) is 30.3 Å². The fourth-order valence-electron chi connectivity index (χ4n) is 3.19. The molecule has 8 nitrogen and oxygen atoms in total. The minimum absolute atomic E-state index is 0.205. The van der Waals surface area contributed by atoms with Gasteiger partial charge >= 0.3 is 0 Å². The van der Waals surface area contributed by atoms with E-state index in [4.69, 9.17) is 0 Å². The summed E-state index contributed by atoms with van der Waals surface area (Å²) in [5.41, 5.74) is 3.44. The molecule has 8 heteroatoms. The van der Waals surface area contributed by atoms with Crippen molar-refractivity contribution in [2.45, 2.75) is 6.04 Å². The number of hydrogen-bond donors (Lipinski definition) is 3. The molecule has 3 aromatic carbocycles. The van der Waals surface area contributed by atoms with Crippen LogP contribution in [-0.2, 0) is 4.79 Å². The number of hydrogen-bond acceptors (Lipinski definition) is 5. The predicted octanol–water partition coefficient (Wildman–Crippen LogP) is 2.54. The number of carbonyl (C=O) groups is 2. The van der Waals surface area contributed by atoms with Gasteiger partial charge in [0.1, 0.15) is 5.69 Å². The number of benzene rings is 3. The molecule has 1 heterocycles. The standard InChI is InChI=1S/C24H19N5O3/c30-22(17-11-5-2-6-12-17)26-21(24(32)28-25-15-16-9-3-1-4-10-16)20-18-13-7-8-14-19(18)23(31)29-27-20/h1-15,21H,(H,26,30)(H,28,32)(H,29,31)/b25-15+/t21-/m1/s1. The lowest BCUT2D eigenvalue weighted by molar-refractivity contribution is -0.123. The van der Waals surface area contributed by atoms with E-state index >= 15 is 0 Å². The number of H-pyrrole nitrogens is 1. The molecule has 0 radical (unpaired) electrons. The minimum atomic E-state index is -1.20. The maximum absolute atomic E-state index is 13.1. The zero-order valence-corrected chi connectivity index (χ0v) is 16.9. The van der Waals surface area contributed by atoms with Crippen LogP contribution >= 0.6 is 0 Å². The lowest BCUT2D eigenvalue weighted by Crippen LogP contribution is -2.40. The molecule has 4 rings (SSSR count). The first-order valence-electron chi connectivity index (χ1n) is 9.84. The Morgan fingerprint density at radius 2 is 1.50 bits per heavy atom. The zero-order chi connectivity index (χ0) is 22.3. The van der Waals surface area contributed by atoms with Gasteiger partial charge in [-0.15, -0.1) is 0 Å². The van der Waals surface area contributed by atoms with Gasteiger partial charge < -0.3 is 5.32 Å². The molecule has 3 N–H and O–H groups in total. The lowest BCUT2D eigenvalue weighted by Gasteiger charge is -2.18. The first-order valence-corrected chi connectivity index (χ1v) is 9.84. The van der Waals surface area contributed by atoms with E-state index in [-0.39, 0.29) is 11.3 Å². The quantitative estimate of drug-likeness (QED) is 0.325. The average molecular weight is 425 g/mol. The van der Waals surface area contributed by atoms with Gasteiger partial charge in [-0.2, -0.15) is 10.2 Å². The van der Waals surface area contributed by atoms with Crippen molar-refractivity contribution in [3.63, 3.8) is 0 Å². The maximum Gasteiger partial charge on any atom is 0.272 e. The Morgan fingerprint density at radius 3 is 2.22 bits per heavy atom. The Hall–Kier alpha value is -4.59. The highest BCUT2D eigenvalue weighted by molar-refractivity contribution is 5.99. The molecule has 0 aliphatic heterocycles. The van der Waals surface area contributed by atoms with Gasteiger partial charge in [-0.25, -0.2) is 10.5 Å². The van der Waals surface area contributed by atoms with E-state index in [1.165, 1.54) is 6.21 Å². The molecule has 2 amide bonds. The molecule has 1 aromatic heterocycles. The highest BCUT2D eigenvalue weighted by atomic mass is 16.2.